The van der Waals surface area contributed by atoms with Crippen LogP contribution in [0.3, 0.4) is 0 Å². The lowest BCUT2D eigenvalue weighted by molar-refractivity contribution is 1.38. The largest absolute Gasteiger partial charge is 0.398 e. The molecular formula is C13H10Cl3NS. The Morgan fingerprint density at radius 3 is 2.06 bits per heavy atom. The quantitative estimate of drug-likeness (QED) is 0.595. The number of anilines is 1. The van der Waals surface area contributed by atoms with Gasteiger partial charge in [0.05, 0.1) is 5.02 Å². The molecule has 0 aliphatic heterocycles. The molecule has 2 rings (SSSR count). The molecule has 1 nitrogen and oxygen atoms in total. The van der Waals surface area contributed by atoms with Crippen LogP contribution in [0.25, 0.3) is 0 Å². The molecule has 0 unspecified atom stereocenters. The standard InChI is InChI=1S/C13H10Cl3NS/c14-9-3-1-4-10(15)8(9)7-18-13-11(16)5-2-6-12(13)17/h1-6H,7,17H2. The zero-order valence-electron chi connectivity index (χ0n) is 9.29. The van der Waals surface area contributed by atoms with E-state index in [1.807, 2.05) is 36.4 Å². The molecule has 0 amide bonds. The van der Waals surface area contributed by atoms with E-state index in [0.717, 1.165) is 10.5 Å². The molecule has 2 N–H and O–H groups in total. The highest BCUT2D eigenvalue weighted by Crippen LogP contribution is 2.37. The Morgan fingerprint density at radius 2 is 1.44 bits per heavy atom. The first kappa shape index (κ1) is 13.9. The zero-order chi connectivity index (χ0) is 13.1. The van der Waals surface area contributed by atoms with E-state index in [1.165, 1.54) is 11.8 Å². The molecule has 5 heteroatoms. The van der Waals surface area contributed by atoms with E-state index >= 15 is 0 Å². The third kappa shape index (κ3) is 3.07. The lowest BCUT2D eigenvalue weighted by Crippen LogP contribution is -1.90. The minimum Gasteiger partial charge on any atom is -0.398 e. The van der Waals surface area contributed by atoms with Gasteiger partial charge in [0, 0.05) is 26.4 Å². The summed E-state index contributed by atoms with van der Waals surface area (Å²) >= 11 is 19.9. The van der Waals surface area contributed by atoms with E-state index in [-0.39, 0.29) is 0 Å². The first-order valence-electron chi connectivity index (χ1n) is 5.19. The van der Waals surface area contributed by atoms with Crippen molar-refractivity contribution in [3.63, 3.8) is 0 Å². The molecule has 0 spiro atoms. The summed E-state index contributed by atoms with van der Waals surface area (Å²) < 4.78 is 0. The van der Waals surface area contributed by atoms with E-state index in [2.05, 4.69) is 0 Å². The summed E-state index contributed by atoms with van der Waals surface area (Å²) in [5, 5.41) is 1.95. The number of thioether (sulfide) groups is 1. The van der Waals surface area contributed by atoms with Crippen LogP contribution in [-0.2, 0) is 5.75 Å². The fraction of sp³-hybridized carbons (Fsp3) is 0.0769. The van der Waals surface area contributed by atoms with Gasteiger partial charge in [0.2, 0.25) is 0 Å². The van der Waals surface area contributed by atoms with Crippen LogP contribution in [0.1, 0.15) is 5.56 Å². The van der Waals surface area contributed by atoms with Gasteiger partial charge in [-0.3, -0.25) is 0 Å². The van der Waals surface area contributed by atoms with E-state index in [0.29, 0.717) is 26.5 Å². The first-order chi connectivity index (χ1) is 8.59. The third-order valence-electron chi connectivity index (χ3n) is 2.42. The molecule has 0 atom stereocenters. The average Bonchev–Trinajstić information content (AvgIpc) is 2.31. The van der Waals surface area contributed by atoms with Crippen molar-refractivity contribution < 1.29 is 0 Å². The lowest BCUT2D eigenvalue weighted by Gasteiger charge is -2.09. The zero-order valence-corrected chi connectivity index (χ0v) is 12.4. The third-order valence-corrected chi connectivity index (χ3v) is 4.73. The summed E-state index contributed by atoms with van der Waals surface area (Å²) in [5.41, 5.74) is 7.45. The first-order valence-corrected chi connectivity index (χ1v) is 7.31. The predicted molar refractivity (Wildman–Crippen MR) is 81.9 cm³/mol. The van der Waals surface area contributed by atoms with Crippen LogP contribution < -0.4 is 5.73 Å². The average molecular weight is 319 g/mol. The second kappa shape index (κ2) is 6.07. The molecule has 0 aliphatic rings. The number of hydrogen-bond acceptors (Lipinski definition) is 2. The molecule has 0 radical (unpaired) electrons. The summed E-state index contributed by atoms with van der Waals surface area (Å²) in [5.74, 6) is 0.631. The monoisotopic (exact) mass is 317 g/mol. The molecule has 0 heterocycles. The molecule has 18 heavy (non-hydrogen) atoms. The topological polar surface area (TPSA) is 26.0 Å². The van der Waals surface area contributed by atoms with Gasteiger partial charge in [-0.15, -0.1) is 11.8 Å². The van der Waals surface area contributed by atoms with Crippen molar-refractivity contribution in [3.8, 4) is 0 Å². The van der Waals surface area contributed by atoms with Crippen LogP contribution in [0.15, 0.2) is 41.3 Å². The van der Waals surface area contributed by atoms with Gasteiger partial charge < -0.3 is 5.73 Å². The van der Waals surface area contributed by atoms with E-state index in [9.17, 15) is 0 Å². The van der Waals surface area contributed by atoms with Crippen molar-refractivity contribution in [2.45, 2.75) is 10.6 Å². The molecule has 0 aliphatic carbocycles. The van der Waals surface area contributed by atoms with Crippen molar-refractivity contribution in [2.75, 3.05) is 5.73 Å². The molecule has 0 aromatic heterocycles. The van der Waals surface area contributed by atoms with E-state index in [1.54, 1.807) is 0 Å². The minimum atomic E-state index is 0.631. The second-order valence-electron chi connectivity index (χ2n) is 3.65. The molecule has 2 aromatic rings. The van der Waals surface area contributed by atoms with Crippen molar-refractivity contribution >= 4 is 52.3 Å². The summed E-state index contributed by atoms with van der Waals surface area (Å²) in [6.45, 7) is 0. The van der Waals surface area contributed by atoms with Crippen LogP contribution in [0.2, 0.25) is 15.1 Å². The molecule has 0 saturated heterocycles. The van der Waals surface area contributed by atoms with Crippen LogP contribution in [0.4, 0.5) is 5.69 Å². The number of halogens is 3. The smallest absolute Gasteiger partial charge is 0.0562 e. The highest BCUT2D eigenvalue weighted by molar-refractivity contribution is 7.98. The van der Waals surface area contributed by atoms with Gasteiger partial charge in [0.25, 0.3) is 0 Å². The predicted octanol–water partition coefficient (Wildman–Crippen LogP) is 5.52. The molecule has 2 aromatic carbocycles. The van der Waals surface area contributed by atoms with Gasteiger partial charge in [-0.1, -0.05) is 46.9 Å². The number of benzene rings is 2. The SMILES string of the molecule is Nc1cccc(Cl)c1SCc1c(Cl)cccc1Cl. The van der Waals surface area contributed by atoms with Crippen molar-refractivity contribution in [1.82, 2.24) is 0 Å². The fourth-order valence-corrected chi connectivity index (χ4v) is 3.57. The highest BCUT2D eigenvalue weighted by Gasteiger charge is 2.09. The minimum absolute atomic E-state index is 0.631. The van der Waals surface area contributed by atoms with Crippen molar-refractivity contribution in [2.24, 2.45) is 0 Å². The maximum absolute atomic E-state index is 6.11. The van der Waals surface area contributed by atoms with Crippen LogP contribution in [-0.4, -0.2) is 0 Å². The van der Waals surface area contributed by atoms with Gasteiger partial charge in [-0.25, -0.2) is 0 Å². The Balaban J connectivity index is 2.22. The van der Waals surface area contributed by atoms with Crippen molar-refractivity contribution in [1.29, 1.82) is 0 Å². The number of nitrogen functional groups attached to an aromatic ring is 1. The van der Waals surface area contributed by atoms with Gasteiger partial charge in [0.15, 0.2) is 0 Å². The lowest BCUT2D eigenvalue weighted by atomic mass is 10.2. The molecule has 0 bridgehead atoms. The maximum Gasteiger partial charge on any atom is 0.0562 e. The fourth-order valence-electron chi connectivity index (χ4n) is 1.49. The Hall–Kier alpha value is -0.540. The Labute approximate surface area is 125 Å². The van der Waals surface area contributed by atoms with Gasteiger partial charge >= 0.3 is 0 Å². The number of rotatable bonds is 3. The number of hydrogen-bond donors (Lipinski definition) is 1. The van der Waals surface area contributed by atoms with Crippen LogP contribution in [0.5, 0.6) is 0 Å². The number of nitrogens with two attached hydrogens (primary N) is 1. The molecule has 0 saturated carbocycles. The van der Waals surface area contributed by atoms with Gasteiger partial charge in [-0.05, 0) is 29.8 Å². The Kier molecular flexibility index (Phi) is 4.68. The normalized spacial score (nSPS) is 10.6. The molecule has 0 fully saturated rings. The summed E-state index contributed by atoms with van der Waals surface area (Å²) in [7, 11) is 0. The molecule has 94 valence electrons. The Morgan fingerprint density at radius 1 is 0.889 bits per heavy atom. The summed E-state index contributed by atoms with van der Waals surface area (Å²) in [6, 6.07) is 10.9. The van der Waals surface area contributed by atoms with Crippen LogP contribution in [0, 0.1) is 0 Å². The van der Waals surface area contributed by atoms with E-state index < -0.39 is 0 Å². The summed E-state index contributed by atoms with van der Waals surface area (Å²) in [6.07, 6.45) is 0. The summed E-state index contributed by atoms with van der Waals surface area (Å²) in [4.78, 5) is 0.857. The van der Waals surface area contributed by atoms with Crippen molar-refractivity contribution in [3.05, 3.63) is 57.0 Å². The van der Waals surface area contributed by atoms with Crippen LogP contribution >= 0.6 is 46.6 Å². The maximum atomic E-state index is 6.11. The highest BCUT2D eigenvalue weighted by atomic mass is 35.5. The Bertz CT molecular complexity index is 480. The second-order valence-corrected chi connectivity index (χ2v) is 5.85. The van der Waals surface area contributed by atoms with Gasteiger partial charge in [0.1, 0.15) is 0 Å². The van der Waals surface area contributed by atoms with E-state index in [4.69, 9.17) is 40.5 Å². The van der Waals surface area contributed by atoms with Gasteiger partial charge in [-0.2, -0.15) is 0 Å². The molecular weight excluding hydrogens is 309 g/mol.